The number of para-hydroxylation sites is 1. The number of oxime groups is 1. The van der Waals surface area contributed by atoms with Crippen LogP contribution >= 0.6 is 0 Å². The minimum absolute atomic E-state index is 0.184. The molecule has 1 heterocycles. The van der Waals surface area contributed by atoms with Gasteiger partial charge < -0.3 is 20.7 Å². The van der Waals surface area contributed by atoms with E-state index in [4.69, 9.17) is 10.9 Å². The minimum atomic E-state index is 0.184. The molecule has 2 rings (SSSR count). The summed E-state index contributed by atoms with van der Waals surface area (Å²) in [6.07, 6.45) is 2.37. The van der Waals surface area contributed by atoms with Crippen molar-refractivity contribution in [1.82, 2.24) is 4.90 Å². The predicted molar refractivity (Wildman–Crippen MR) is 87.2 cm³/mol. The number of amidine groups is 1. The van der Waals surface area contributed by atoms with E-state index in [1.54, 1.807) is 0 Å². The number of nitrogens with zero attached hydrogens (tertiary/aromatic N) is 3. The molecule has 1 aliphatic heterocycles. The monoisotopic (exact) mass is 290 g/mol. The summed E-state index contributed by atoms with van der Waals surface area (Å²) in [5.74, 6) is 0.941. The summed E-state index contributed by atoms with van der Waals surface area (Å²) in [4.78, 5) is 4.63. The first-order valence-corrected chi connectivity index (χ1v) is 7.50. The normalized spacial score (nSPS) is 17.5. The van der Waals surface area contributed by atoms with Crippen molar-refractivity contribution in [3.8, 4) is 0 Å². The highest BCUT2D eigenvalue weighted by atomic mass is 16.4. The second kappa shape index (κ2) is 6.80. The van der Waals surface area contributed by atoms with Crippen molar-refractivity contribution in [3.63, 3.8) is 0 Å². The molecular formula is C16H26N4O. The van der Waals surface area contributed by atoms with Crippen LogP contribution in [0.3, 0.4) is 0 Å². The zero-order chi connectivity index (χ0) is 15.4. The molecule has 0 unspecified atom stereocenters. The van der Waals surface area contributed by atoms with Crippen LogP contribution in [-0.4, -0.2) is 49.7 Å². The lowest BCUT2D eigenvalue weighted by molar-refractivity contribution is 0.285. The topological polar surface area (TPSA) is 65.1 Å². The van der Waals surface area contributed by atoms with Gasteiger partial charge in [-0.25, -0.2) is 0 Å². The number of rotatable bonds is 4. The second-order valence-electron chi connectivity index (χ2n) is 6.15. The first-order chi connectivity index (χ1) is 10.0. The molecule has 3 N–H and O–H groups in total. The quantitative estimate of drug-likeness (QED) is 0.384. The number of hydrogen-bond donors (Lipinski definition) is 2. The molecule has 1 saturated heterocycles. The Labute approximate surface area is 127 Å². The highest BCUT2D eigenvalue weighted by Gasteiger charge is 2.23. The number of anilines is 1. The molecule has 116 valence electrons. The molecule has 0 saturated carbocycles. The van der Waals surface area contributed by atoms with Gasteiger partial charge in [0.15, 0.2) is 5.84 Å². The van der Waals surface area contributed by atoms with Crippen LogP contribution in [0.5, 0.6) is 0 Å². The lowest BCUT2D eigenvalue weighted by Crippen LogP contribution is -2.38. The smallest absolute Gasteiger partial charge is 0.172 e. The number of nitrogens with two attached hydrogens (primary N) is 1. The fraction of sp³-hybridized carbons (Fsp3) is 0.562. The molecule has 1 aliphatic rings. The van der Waals surface area contributed by atoms with Gasteiger partial charge in [-0.15, -0.1) is 0 Å². The van der Waals surface area contributed by atoms with Crippen LogP contribution in [0.25, 0.3) is 0 Å². The zero-order valence-electron chi connectivity index (χ0n) is 13.2. The molecule has 1 aromatic carbocycles. The van der Waals surface area contributed by atoms with Crippen molar-refractivity contribution < 1.29 is 5.21 Å². The summed E-state index contributed by atoms with van der Waals surface area (Å²) in [7, 11) is 4.26. The van der Waals surface area contributed by atoms with Crippen LogP contribution in [-0.2, 0) is 0 Å². The highest BCUT2D eigenvalue weighted by Crippen LogP contribution is 2.29. The fourth-order valence-corrected chi connectivity index (χ4v) is 3.19. The molecule has 1 fully saturated rings. The molecule has 0 aromatic heterocycles. The summed E-state index contributed by atoms with van der Waals surface area (Å²) in [6.45, 7) is 5.27. The maximum Gasteiger partial charge on any atom is 0.172 e. The maximum atomic E-state index is 8.98. The number of piperidine rings is 1. The average molecular weight is 290 g/mol. The third-order valence-electron chi connectivity index (χ3n) is 4.18. The van der Waals surface area contributed by atoms with E-state index in [1.807, 2.05) is 12.1 Å². The van der Waals surface area contributed by atoms with Crippen molar-refractivity contribution in [2.45, 2.75) is 19.8 Å². The van der Waals surface area contributed by atoms with E-state index < -0.39 is 0 Å². The van der Waals surface area contributed by atoms with Gasteiger partial charge in [0.1, 0.15) is 0 Å². The minimum Gasteiger partial charge on any atom is -0.409 e. The summed E-state index contributed by atoms with van der Waals surface area (Å²) in [5, 5.41) is 12.2. The Morgan fingerprint density at radius 3 is 2.62 bits per heavy atom. The van der Waals surface area contributed by atoms with E-state index in [1.165, 1.54) is 18.4 Å². The van der Waals surface area contributed by atoms with Gasteiger partial charge in [-0.1, -0.05) is 17.3 Å². The third-order valence-corrected chi connectivity index (χ3v) is 4.18. The molecule has 0 aliphatic carbocycles. The lowest BCUT2D eigenvalue weighted by atomic mass is 9.94. The molecular weight excluding hydrogens is 264 g/mol. The van der Waals surface area contributed by atoms with E-state index in [2.05, 4.69) is 42.0 Å². The van der Waals surface area contributed by atoms with Gasteiger partial charge in [0.25, 0.3) is 0 Å². The van der Waals surface area contributed by atoms with Crippen molar-refractivity contribution in [1.29, 1.82) is 0 Å². The van der Waals surface area contributed by atoms with Gasteiger partial charge >= 0.3 is 0 Å². The Morgan fingerprint density at radius 1 is 1.38 bits per heavy atom. The Kier molecular flexibility index (Phi) is 5.07. The van der Waals surface area contributed by atoms with Crippen LogP contribution in [0.2, 0.25) is 0 Å². The van der Waals surface area contributed by atoms with Gasteiger partial charge in [0.2, 0.25) is 0 Å². The average Bonchev–Trinajstić information content (AvgIpc) is 2.46. The van der Waals surface area contributed by atoms with E-state index in [0.29, 0.717) is 0 Å². The SMILES string of the molecule is Cc1cccc(/C(N)=N/O)c1N1CCC(CN(C)C)CC1. The number of benzene rings is 1. The molecule has 5 heteroatoms. The lowest BCUT2D eigenvalue weighted by Gasteiger charge is -2.36. The summed E-state index contributed by atoms with van der Waals surface area (Å²) in [5.41, 5.74) is 8.93. The van der Waals surface area contributed by atoms with Crippen molar-refractivity contribution in [2.24, 2.45) is 16.8 Å². The number of hydrogen-bond acceptors (Lipinski definition) is 4. The maximum absolute atomic E-state index is 8.98. The van der Waals surface area contributed by atoms with E-state index in [0.717, 1.165) is 36.8 Å². The molecule has 0 bridgehead atoms. The molecule has 0 spiro atoms. The first-order valence-electron chi connectivity index (χ1n) is 7.50. The summed E-state index contributed by atoms with van der Waals surface area (Å²) < 4.78 is 0. The highest BCUT2D eigenvalue weighted by molar-refractivity contribution is 6.02. The van der Waals surface area contributed by atoms with Crippen LogP contribution in [0.15, 0.2) is 23.4 Å². The van der Waals surface area contributed by atoms with Gasteiger partial charge in [0.05, 0.1) is 5.69 Å². The number of aryl methyl sites for hydroxylation is 1. The predicted octanol–water partition coefficient (Wildman–Crippen LogP) is 1.87. The first kappa shape index (κ1) is 15.6. The van der Waals surface area contributed by atoms with E-state index in [-0.39, 0.29) is 5.84 Å². The van der Waals surface area contributed by atoms with Gasteiger partial charge in [-0.05, 0) is 51.4 Å². The molecule has 0 atom stereocenters. The van der Waals surface area contributed by atoms with Crippen LogP contribution < -0.4 is 10.6 Å². The third kappa shape index (κ3) is 3.67. The van der Waals surface area contributed by atoms with Crippen molar-refractivity contribution in [3.05, 3.63) is 29.3 Å². The Hall–Kier alpha value is -1.75. The molecule has 21 heavy (non-hydrogen) atoms. The van der Waals surface area contributed by atoms with E-state index in [9.17, 15) is 0 Å². The van der Waals surface area contributed by atoms with Crippen LogP contribution in [0.4, 0.5) is 5.69 Å². The van der Waals surface area contributed by atoms with Gasteiger partial charge in [0, 0.05) is 25.2 Å². The Balaban J connectivity index is 2.17. The second-order valence-corrected chi connectivity index (χ2v) is 6.15. The van der Waals surface area contributed by atoms with Gasteiger partial charge in [-0.3, -0.25) is 0 Å². The van der Waals surface area contributed by atoms with Crippen molar-refractivity contribution in [2.75, 3.05) is 38.6 Å². The fourth-order valence-electron chi connectivity index (χ4n) is 3.19. The van der Waals surface area contributed by atoms with Crippen LogP contribution in [0.1, 0.15) is 24.0 Å². The summed E-state index contributed by atoms with van der Waals surface area (Å²) >= 11 is 0. The Bertz CT molecular complexity index is 505. The molecule has 0 radical (unpaired) electrons. The van der Waals surface area contributed by atoms with Gasteiger partial charge in [-0.2, -0.15) is 0 Å². The molecule has 0 amide bonds. The molecule has 5 nitrogen and oxygen atoms in total. The van der Waals surface area contributed by atoms with Crippen LogP contribution in [0, 0.1) is 12.8 Å². The van der Waals surface area contributed by atoms with Crippen molar-refractivity contribution >= 4 is 11.5 Å². The van der Waals surface area contributed by atoms with E-state index >= 15 is 0 Å². The zero-order valence-corrected chi connectivity index (χ0v) is 13.2. The standard InChI is InChI=1S/C16H26N4O/c1-12-5-4-6-14(16(17)18-21)15(12)20-9-7-13(8-10-20)11-19(2)3/h4-6,13,21H,7-11H2,1-3H3,(H2,17,18). The molecule has 1 aromatic rings. The Morgan fingerprint density at radius 2 is 2.05 bits per heavy atom. The largest absolute Gasteiger partial charge is 0.409 e. The summed E-state index contributed by atoms with van der Waals surface area (Å²) in [6, 6.07) is 5.95.